The SMILES string of the molecule is Cc1cc(OCC(=O)N2CC[C@@H]3NCC[C@@H]32)c2c(C)c(C)c(=O)oc2c1. The predicted octanol–water partition coefficient (Wildman–Crippen LogP) is 2.06. The Hall–Kier alpha value is -2.34. The van der Waals surface area contributed by atoms with Crippen LogP contribution in [0.25, 0.3) is 11.0 Å². The van der Waals surface area contributed by atoms with Crippen molar-refractivity contribution in [2.75, 3.05) is 19.7 Å². The van der Waals surface area contributed by atoms with Crippen molar-refractivity contribution in [1.29, 1.82) is 0 Å². The molecule has 2 aliphatic heterocycles. The summed E-state index contributed by atoms with van der Waals surface area (Å²) in [5.74, 6) is 0.612. The van der Waals surface area contributed by atoms with Crippen LogP contribution in [0.4, 0.5) is 0 Å². The van der Waals surface area contributed by atoms with Gasteiger partial charge in [0.15, 0.2) is 6.61 Å². The molecule has 26 heavy (non-hydrogen) atoms. The van der Waals surface area contributed by atoms with Crippen LogP contribution in [0.5, 0.6) is 5.75 Å². The van der Waals surface area contributed by atoms with Gasteiger partial charge in [0.1, 0.15) is 11.3 Å². The van der Waals surface area contributed by atoms with Crippen LogP contribution >= 0.6 is 0 Å². The summed E-state index contributed by atoms with van der Waals surface area (Å²) in [6, 6.07) is 4.44. The molecule has 1 N–H and O–H groups in total. The number of rotatable bonds is 3. The molecule has 0 bridgehead atoms. The van der Waals surface area contributed by atoms with Crippen LogP contribution in [0.1, 0.15) is 29.5 Å². The molecule has 4 rings (SSSR count). The highest BCUT2D eigenvalue weighted by molar-refractivity contribution is 5.88. The van der Waals surface area contributed by atoms with Gasteiger partial charge in [-0.3, -0.25) is 4.79 Å². The number of fused-ring (bicyclic) bond motifs is 2. The lowest BCUT2D eigenvalue weighted by Crippen LogP contribution is -2.41. The first-order chi connectivity index (χ1) is 12.5. The molecule has 2 aliphatic rings. The third-order valence-electron chi connectivity index (χ3n) is 5.72. The molecule has 3 heterocycles. The van der Waals surface area contributed by atoms with E-state index in [9.17, 15) is 9.59 Å². The van der Waals surface area contributed by atoms with Gasteiger partial charge in [-0.05, 0) is 63.4 Å². The maximum Gasteiger partial charge on any atom is 0.339 e. The third kappa shape index (κ3) is 2.78. The fourth-order valence-electron chi connectivity index (χ4n) is 4.20. The van der Waals surface area contributed by atoms with Gasteiger partial charge in [0.25, 0.3) is 5.91 Å². The zero-order chi connectivity index (χ0) is 18.4. The minimum Gasteiger partial charge on any atom is -0.483 e. The minimum atomic E-state index is -0.334. The molecular weight excluding hydrogens is 332 g/mol. The van der Waals surface area contributed by atoms with Crippen molar-refractivity contribution in [2.24, 2.45) is 0 Å². The first kappa shape index (κ1) is 17.1. The highest BCUT2D eigenvalue weighted by atomic mass is 16.5. The number of carbonyl (C=O) groups excluding carboxylic acids is 1. The van der Waals surface area contributed by atoms with E-state index in [1.54, 1.807) is 6.92 Å². The second kappa shape index (κ2) is 6.43. The normalized spacial score (nSPS) is 22.0. The Morgan fingerprint density at radius 1 is 1.27 bits per heavy atom. The number of nitrogens with zero attached hydrogens (tertiary/aromatic N) is 1. The fraction of sp³-hybridized carbons (Fsp3) is 0.500. The van der Waals surface area contributed by atoms with Crippen LogP contribution < -0.4 is 15.7 Å². The van der Waals surface area contributed by atoms with Crippen LogP contribution in [0.2, 0.25) is 0 Å². The van der Waals surface area contributed by atoms with Crippen LogP contribution in [-0.4, -0.2) is 42.6 Å². The molecule has 1 aromatic heterocycles. The highest BCUT2D eigenvalue weighted by Gasteiger charge is 2.39. The molecule has 0 aliphatic carbocycles. The number of hydrogen-bond donors (Lipinski definition) is 1. The van der Waals surface area contributed by atoms with E-state index in [2.05, 4.69) is 5.32 Å². The Labute approximate surface area is 152 Å². The van der Waals surface area contributed by atoms with E-state index in [1.807, 2.05) is 30.9 Å². The Bertz CT molecular complexity index is 934. The predicted molar refractivity (Wildman–Crippen MR) is 98.7 cm³/mol. The second-order valence-electron chi connectivity index (χ2n) is 7.36. The Morgan fingerprint density at radius 3 is 2.88 bits per heavy atom. The molecular formula is C20H24N2O4. The molecule has 0 unspecified atom stereocenters. The average Bonchev–Trinajstić information content (AvgIpc) is 3.20. The van der Waals surface area contributed by atoms with Gasteiger partial charge in [-0.1, -0.05) is 0 Å². The number of benzene rings is 1. The lowest BCUT2D eigenvalue weighted by Gasteiger charge is -2.23. The maximum atomic E-state index is 12.7. The number of carbonyl (C=O) groups is 1. The van der Waals surface area contributed by atoms with Gasteiger partial charge in [0.05, 0.1) is 5.39 Å². The van der Waals surface area contributed by atoms with Gasteiger partial charge in [-0.2, -0.15) is 0 Å². The Kier molecular flexibility index (Phi) is 4.23. The van der Waals surface area contributed by atoms with Crippen molar-refractivity contribution in [3.63, 3.8) is 0 Å². The van der Waals surface area contributed by atoms with E-state index in [0.29, 0.717) is 29.0 Å². The average molecular weight is 356 g/mol. The van der Waals surface area contributed by atoms with Gasteiger partial charge in [0, 0.05) is 24.2 Å². The van der Waals surface area contributed by atoms with Crippen molar-refractivity contribution in [1.82, 2.24) is 10.2 Å². The first-order valence-electron chi connectivity index (χ1n) is 9.16. The number of amides is 1. The van der Waals surface area contributed by atoms with Crippen molar-refractivity contribution < 1.29 is 13.9 Å². The summed E-state index contributed by atoms with van der Waals surface area (Å²) < 4.78 is 11.3. The first-order valence-corrected chi connectivity index (χ1v) is 9.16. The molecule has 2 atom stereocenters. The van der Waals surface area contributed by atoms with Gasteiger partial charge < -0.3 is 19.4 Å². The molecule has 2 aromatic rings. The molecule has 6 heteroatoms. The lowest BCUT2D eigenvalue weighted by atomic mass is 10.0. The number of hydrogen-bond acceptors (Lipinski definition) is 5. The molecule has 0 radical (unpaired) electrons. The molecule has 1 amide bonds. The topological polar surface area (TPSA) is 71.8 Å². The van der Waals surface area contributed by atoms with Crippen molar-refractivity contribution >= 4 is 16.9 Å². The van der Waals surface area contributed by atoms with Gasteiger partial charge in [-0.15, -0.1) is 0 Å². The van der Waals surface area contributed by atoms with Crippen LogP contribution in [0.15, 0.2) is 21.3 Å². The number of aryl methyl sites for hydroxylation is 2. The quantitative estimate of drug-likeness (QED) is 0.853. The summed E-state index contributed by atoms with van der Waals surface area (Å²) in [6.45, 7) is 7.30. The van der Waals surface area contributed by atoms with E-state index in [0.717, 1.165) is 42.4 Å². The van der Waals surface area contributed by atoms with Gasteiger partial charge >= 0.3 is 5.63 Å². The van der Waals surface area contributed by atoms with E-state index in [-0.39, 0.29) is 18.1 Å². The molecule has 2 saturated heterocycles. The summed E-state index contributed by atoms with van der Waals surface area (Å²) in [6.07, 6.45) is 2.01. The maximum absolute atomic E-state index is 12.7. The highest BCUT2D eigenvalue weighted by Crippen LogP contribution is 2.31. The number of likely N-dealkylation sites (tertiary alicyclic amines) is 1. The monoisotopic (exact) mass is 356 g/mol. The fourth-order valence-corrected chi connectivity index (χ4v) is 4.20. The molecule has 1 aromatic carbocycles. The summed E-state index contributed by atoms with van der Waals surface area (Å²) >= 11 is 0. The second-order valence-corrected chi connectivity index (χ2v) is 7.36. The Morgan fingerprint density at radius 2 is 2.08 bits per heavy atom. The number of ether oxygens (including phenoxy) is 1. The van der Waals surface area contributed by atoms with Crippen LogP contribution in [0, 0.1) is 20.8 Å². The zero-order valence-electron chi connectivity index (χ0n) is 15.4. The van der Waals surface area contributed by atoms with E-state index < -0.39 is 0 Å². The van der Waals surface area contributed by atoms with Crippen molar-refractivity contribution in [3.8, 4) is 5.75 Å². The minimum absolute atomic E-state index is 0.000608. The van der Waals surface area contributed by atoms with Crippen molar-refractivity contribution in [2.45, 2.75) is 45.7 Å². The van der Waals surface area contributed by atoms with E-state index in [1.165, 1.54) is 0 Å². The van der Waals surface area contributed by atoms with E-state index >= 15 is 0 Å². The zero-order valence-corrected chi connectivity index (χ0v) is 15.4. The lowest BCUT2D eigenvalue weighted by molar-refractivity contribution is -0.134. The molecule has 6 nitrogen and oxygen atoms in total. The Balaban J connectivity index is 1.60. The molecule has 0 saturated carbocycles. The molecule has 2 fully saturated rings. The molecule has 0 spiro atoms. The smallest absolute Gasteiger partial charge is 0.339 e. The summed E-state index contributed by atoms with van der Waals surface area (Å²) in [4.78, 5) is 26.6. The summed E-state index contributed by atoms with van der Waals surface area (Å²) in [7, 11) is 0. The third-order valence-corrected chi connectivity index (χ3v) is 5.72. The van der Waals surface area contributed by atoms with Gasteiger partial charge in [0.2, 0.25) is 0 Å². The van der Waals surface area contributed by atoms with Crippen LogP contribution in [-0.2, 0) is 4.79 Å². The summed E-state index contributed by atoms with van der Waals surface area (Å²) in [5.41, 5.74) is 2.49. The largest absolute Gasteiger partial charge is 0.483 e. The summed E-state index contributed by atoms with van der Waals surface area (Å²) in [5, 5.41) is 4.22. The number of nitrogens with one attached hydrogen (secondary N) is 1. The molecule has 138 valence electrons. The van der Waals surface area contributed by atoms with Gasteiger partial charge in [-0.25, -0.2) is 4.79 Å². The van der Waals surface area contributed by atoms with Crippen molar-refractivity contribution in [3.05, 3.63) is 39.2 Å². The standard InChI is InChI=1S/C20H24N2O4/c1-11-8-16(19-12(2)13(3)20(24)26-17(19)9-11)25-10-18(23)22-7-5-14-15(22)4-6-21-14/h8-9,14-15,21H,4-7,10H2,1-3H3/t14-,15-/m0/s1. The van der Waals surface area contributed by atoms with Crippen LogP contribution in [0.3, 0.4) is 0 Å². The van der Waals surface area contributed by atoms with E-state index in [4.69, 9.17) is 9.15 Å².